The summed E-state index contributed by atoms with van der Waals surface area (Å²) < 4.78 is 0. The van der Waals surface area contributed by atoms with E-state index < -0.39 is 0 Å². The summed E-state index contributed by atoms with van der Waals surface area (Å²) in [5.41, 5.74) is 1.22. The Labute approximate surface area is 126 Å². The summed E-state index contributed by atoms with van der Waals surface area (Å²) in [5.74, 6) is 2.00. The first kappa shape index (κ1) is 13.6. The Hall–Kier alpha value is -1.06. The van der Waals surface area contributed by atoms with Crippen LogP contribution in [0.25, 0.3) is 0 Å². The first-order chi connectivity index (χ1) is 10.0. The first-order valence-electron chi connectivity index (χ1n) is 8.51. The molecule has 1 aliphatic heterocycles. The molecule has 0 spiro atoms. The van der Waals surface area contributed by atoms with Gasteiger partial charge in [0.1, 0.15) is 0 Å². The van der Waals surface area contributed by atoms with Crippen molar-refractivity contribution in [2.45, 2.75) is 58.3 Å². The molecule has 1 heterocycles. The molecule has 4 bridgehead atoms. The smallest absolute Gasteiger partial charge is 0.228 e. The van der Waals surface area contributed by atoms with Crippen molar-refractivity contribution in [3.05, 3.63) is 0 Å². The molecule has 4 heteroatoms. The van der Waals surface area contributed by atoms with Crippen LogP contribution in [0.2, 0.25) is 0 Å². The third-order valence-corrected chi connectivity index (χ3v) is 6.58. The minimum atomic E-state index is -0.0489. The van der Waals surface area contributed by atoms with Crippen molar-refractivity contribution in [3.63, 3.8) is 0 Å². The molecule has 2 unspecified atom stereocenters. The van der Waals surface area contributed by atoms with Crippen molar-refractivity contribution in [1.29, 1.82) is 0 Å². The van der Waals surface area contributed by atoms with Crippen LogP contribution >= 0.6 is 0 Å². The van der Waals surface area contributed by atoms with Gasteiger partial charge < -0.3 is 10.1 Å². The van der Waals surface area contributed by atoms with E-state index in [-0.39, 0.29) is 5.41 Å². The number of carbonyl (C=O) groups is 1. The largest absolute Gasteiger partial charge is 0.411 e. The molecule has 4 nitrogen and oxygen atoms in total. The molecule has 1 amide bonds. The summed E-state index contributed by atoms with van der Waals surface area (Å²) in [6, 6.07) is 0. The fourth-order valence-corrected chi connectivity index (χ4v) is 6.37. The Morgan fingerprint density at radius 1 is 1.19 bits per heavy atom. The van der Waals surface area contributed by atoms with Gasteiger partial charge in [0.2, 0.25) is 5.91 Å². The molecule has 5 aliphatic rings. The van der Waals surface area contributed by atoms with Crippen LogP contribution in [0.3, 0.4) is 0 Å². The fourth-order valence-electron chi connectivity index (χ4n) is 6.37. The number of nitrogens with zero attached hydrogens (tertiary/aromatic N) is 2. The monoisotopic (exact) mass is 290 g/mol. The van der Waals surface area contributed by atoms with E-state index in [1.807, 2.05) is 0 Å². The van der Waals surface area contributed by atoms with E-state index in [1.54, 1.807) is 0 Å². The molecule has 5 rings (SSSR count). The van der Waals surface area contributed by atoms with Gasteiger partial charge in [-0.15, -0.1) is 0 Å². The van der Waals surface area contributed by atoms with Crippen molar-refractivity contribution in [2.24, 2.45) is 27.8 Å². The quantitative estimate of drug-likeness (QED) is 0.596. The summed E-state index contributed by atoms with van der Waals surface area (Å²) in [6.07, 6.45) is 8.92. The average molecular weight is 290 g/mol. The van der Waals surface area contributed by atoms with Gasteiger partial charge in [-0.2, -0.15) is 0 Å². The minimum absolute atomic E-state index is 0.0489. The maximum absolute atomic E-state index is 13.2. The van der Waals surface area contributed by atoms with Crippen molar-refractivity contribution in [3.8, 4) is 0 Å². The van der Waals surface area contributed by atoms with Gasteiger partial charge in [0, 0.05) is 25.9 Å². The Balaban J connectivity index is 1.54. The second-order valence-corrected chi connectivity index (χ2v) is 8.51. The third-order valence-electron chi connectivity index (χ3n) is 6.58. The highest BCUT2D eigenvalue weighted by atomic mass is 16.4. The molecular formula is C17H26N2O2. The number of carbonyl (C=O) groups excluding carboxylic acids is 1. The van der Waals surface area contributed by atoms with E-state index in [1.165, 1.54) is 19.3 Å². The van der Waals surface area contributed by atoms with Crippen LogP contribution in [0, 0.1) is 22.7 Å². The predicted octanol–water partition coefficient (Wildman–Crippen LogP) is 3.05. The lowest BCUT2D eigenvalue weighted by molar-refractivity contribution is -0.166. The summed E-state index contributed by atoms with van der Waals surface area (Å²) >= 11 is 0. The van der Waals surface area contributed by atoms with Gasteiger partial charge in [0.15, 0.2) is 0 Å². The average Bonchev–Trinajstić information content (AvgIpc) is 2.44. The van der Waals surface area contributed by atoms with Gasteiger partial charge in [0.05, 0.1) is 11.1 Å². The van der Waals surface area contributed by atoms with Crippen molar-refractivity contribution >= 4 is 11.6 Å². The second kappa shape index (κ2) is 4.47. The Kier molecular flexibility index (Phi) is 2.89. The number of amides is 1. The van der Waals surface area contributed by atoms with E-state index in [0.717, 1.165) is 62.7 Å². The minimum Gasteiger partial charge on any atom is -0.411 e. The lowest BCUT2D eigenvalue weighted by Crippen LogP contribution is -2.58. The van der Waals surface area contributed by atoms with Crippen LogP contribution in [-0.4, -0.2) is 34.8 Å². The summed E-state index contributed by atoms with van der Waals surface area (Å²) in [5, 5.41) is 12.2. The molecule has 0 radical (unpaired) electrons. The van der Waals surface area contributed by atoms with Crippen LogP contribution < -0.4 is 0 Å². The Morgan fingerprint density at radius 2 is 1.81 bits per heavy atom. The molecular weight excluding hydrogens is 264 g/mol. The van der Waals surface area contributed by atoms with Gasteiger partial charge in [-0.05, 0) is 55.8 Å². The topological polar surface area (TPSA) is 52.9 Å². The fraction of sp³-hybridized carbons (Fsp3) is 0.882. The van der Waals surface area contributed by atoms with Crippen LogP contribution in [0.1, 0.15) is 58.3 Å². The summed E-state index contributed by atoms with van der Waals surface area (Å²) in [7, 11) is 0. The first-order valence-corrected chi connectivity index (χ1v) is 8.51. The van der Waals surface area contributed by atoms with Crippen LogP contribution in [0.4, 0.5) is 0 Å². The number of oxime groups is 1. The van der Waals surface area contributed by atoms with Gasteiger partial charge in [-0.25, -0.2) is 0 Å². The lowest BCUT2D eigenvalue weighted by atomic mass is 9.44. The molecule has 4 aliphatic carbocycles. The number of piperidine rings is 1. The Morgan fingerprint density at radius 3 is 2.33 bits per heavy atom. The maximum atomic E-state index is 13.2. The lowest BCUT2D eigenvalue weighted by Gasteiger charge is -2.61. The van der Waals surface area contributed by atoms with Crippen LogP contribution in [0.15, 0.2) is 5.16 Å². The van der Waals surface area contributed by atoms with E-state index in [2.05, 4.69) is 17.0 Å². The second-order valence-electron chi connectivity index (χ2n) is 8.51. The third kappa shape index (κ3) is 2.09. The van der Waals surface area contributed by atoms with Crippen LogP contribution in [-0.2, 0) is 4.79 Å². The van der Waals surface area contributed by atoms with E-state index in [0.29, 0.717) is 11.3 Å². The normalized spacial score (nSPS) is 45.0. The number of likely N-dealkylation sites (tertiary alicyclic amines) is 1. The zero-order chi connectivity index (χ0) is 14.7. The maximum Gasteiger partial charge on any atom is 0.228 e. The van der Waals surface area contributed by atoms with Gasteiger partial charge >= 0.3 is 0 Å². The molecule has 4 saturated carbocycles. The molecule has 5 fully saturated rings. The zero-order valence-electron chi connectivity index (χ0n) is 13.0. The molecule has 21 heavy (non-hydrogen) atoms. The van der Waals surface area contributed by atoms with Crippen molar-refractivity contribution in [1.82, 2.24) is 4.90 Å². The predicted molar refractivity (Wildman–Crippen MR) is 80.3 cm³/mol. The van der Waals surface area contributed by atoms with E-state index in [4.69, 9.17) is 5.21 Å². The number of rotatable bonds is 1. The molecule has 1 N–H and O–H groups in total. The van der Waals surface area contributed by atoms with Crippen LogP contribution in [0.5, 0.6) is 0 Å². The van der Waals surface area contributed by atoms with Gasteiger partial charge in [0.25, 0.3) is 0 Å². The Bertz CT molecular complexity index is 475. The molecule has 1 saturated heterocycles. The molecule has 0 aromatic carbocycles. The summed E-state index contributed by atoms with van der Waals surface area (Å²) in [6.45, 7) is 3.90. The summed E-state index contributed by atoms with van der Waals surface area (Å²) in [4.78, 5) is 15.3. The van der Waals surface area contributed by atoms with Crippen molar-refractivity contribution < 1.29 is 10.0 Å². The van der Waals surface area contributed by atoms with Crippen molar-refractivity contribution in [2.75, 3.05) is 13.1 Å². The molecule has 0 aromatic rings. The van der Waals surface area contributed by atoms with E-state index >= 15 is 0 Å². The highest BCUT2D eigenvalue weighted by Gasteiger charge is 2.59. The standard InChI is InChI=1S/C17H26N2O2/c1-16-7-12-6-13(8-16)10-17(9-12,11-16)15(20)19-4-2-14(18-21)3-5-19/h12-13,21H,2-11H2,1H3. The zero-order valence-corrected chi connectivity index (χ0v) is 13.0. The number of hydrogen-bond donors (Lipinski definition) is 1. The van der Waals surface area contributed by atoms with Gasteiger partial charge in [-0.1, -0.05) is 12.1 Å². The molecule has 2 atom stereocenters. The van der Waals surface area contributed by atoms with E-state index in [9.17, 15) is 4.79 Å². The molecule has 116 valence electrons. The number of hydrogen-bond acceptors (Lipinski definition) is 3. The highest BCUT2D eigenvalue weighted by Crippen LogP contribution is 2.65. The SMILES string of the molecule is CC12CC3CC(C1)CC(C(=O)N1CCC(=NO)CC1)(C3)C2. The van der Waals surface area contributed by atoms with Gasteiger partial charge in [-0.3, -0.25) is 4.79 Å². The highest BCUT2D eigenvalue weighted by molar-refractivity contribution is 5.89. The molecule has 0 aromatic heterocycles.